The molecule has 4 heteroatoms. The molecule has 0 radical (unpaired) electrons. The van der Waals surface area contributed by atoms with Crippen LogP contribution in [0.25, 0.3) is 6.08 Å². The molecule has 4 nitrogen and oxygen atoms in total. The van der Waals surface area contributed by atoms with E-state index in [1.54, 1.807) is 18.2 Å². The summed E-state index contributed by atoms with van der Waals surface area (Å²) >= 11 is 0. The normalized spacial score (nSPS) is 11.1. The Kier molecular flexibility index (Phi) is 13.6. The van der Waals surface area contributed by atoms with Crippen molar-refractivity contribution in [1.29, 1.82) is 0 Å². The van der Waals surface area contributed by atoms with E-state index in [0.717, 1.165) is 18.4 Å². The summed E-state index contributed by atoms with van der Waals surface area (Å²) in [5.74, 6) is 0.231. The number of aromatic hydroxyl groups is 1. The molecule has 0 unspecified atom stereocenters. The Labute approximate surface area is 176 Å². The van der Waals surface area contributed by atoms with E-state index >= 15 is 0 Å². The molecule has 0 aliphatic rings. The molecule has 0 fully saturated rings. The van der Waals surface area contributed by atoms with Crippen LogP contribution in [0.1, 0.15) is 96.0 Å². The lowest BCUT2D eigenvalue weighted by Gasteiger charge is -2.03. The summed E-state index contributed by atoms with van der Waals surface area (Å²) in [5.41, 5.74) is 0.741. The lowest BCUT2D eigenvalue weighted by atomic mass is 10.0. The van der Waals surface area contributed by atoms with Crippen LogP contribution in [-0.2, 0) is 9.59 Å². The molecule has 0 aliphatic carbocycles. The van der Waals surface area contributed by atoms with Crippen molar-refractivity contribution in [2.24, 2.45) is 0 Å². The van der Waals surface area contributed by atoms with Crippen molar-refractivity contribution in [1.82, 2.24) is 0 Å². The summed E-state index contributed by atoms with van der Waals surface area (Å²) < 4.78 is 5.04. The highest BCUT2D eigenvalue weighted by atomic mass is 16.5. The molecule has 1 rings (SSSR count). The predicted octanol–water partition coefficient (Wildman–Crippen LogP) is 6.64. The van der Waals surface area contributed by atoms with Crippen molar-refractivity contribution in [3.63, 3.8) is 0 Å². The van der Waals surface area contributed by atoms with Gasteiger partial charge in [-0.3, -0.25) is 9.59 Å². The van der Waals surface area contributed by atoms with Crippen LogP contribution in [-0.4, -0.2) is 23.8 Å². The molecule has 0 saturated heterocycles. The van der Waals surface area contributed by atoms with Crippen LogP contribution in [0.5, 0.6) is 11.5 Å². The predicted molar refractivity (Wildman–Crippen MR) is 119 cm³/mol. The largest absolute Gasteiger partial charge is 0.504 e. The number of ketones is 2. The van der Waals surface area contributed by atoms with Gasteiger partial charge in [-0.2, -0.15) is 0 Å². The maximum absolute atomic E-state index is 12.0. The number of hydrogen-bond donors (Lipinski definition) is 1. The fourth-order valence-electron chi connectivity index (χ4n) is 3.32. The highest BCUT2D eigenvalue weighted by molar-refractivity contribution is 6.06. The van der Waals surface area contributed by atoms with Gasteiger partial charge in [0.2, 0.25) is 0 Å². The van der Waals surface area contributed by atoms with Gasteiger partial charge in [-0.15, -0.1) is 0 Å². The van der Waals surface area contributed by atoms with Gasteiger partial charge in [-0.25, -0.2) is 0 Å². The number of carbonyl (C=O) groups excluding carboxylic acids is 2. The number of rotatable bonds is 17. The standard InChI is InChI=1S/C25H38O4/c1-3-4-5-6-7-8-9-10-11-12-13-14-22(26)20-23(27)17-15-21-16-18-24(28)25(19-21)29-2/h15-19,28H,3-14,20H2,1-2H3/b17-15+. The van der Waals surface area contributed by atoms with Crippen molar-refractivity contribution in [2.75, 3.05) is 7.11 Å². The van der Waals surface area contributed by atoms with E-state index in [9.17, 15) is 14.7 Å². The minimum atomic E-state index is -0.190. The van der Waals surface area contributed by atoms with E-state index in [4.69, 9.17) is 4.74 Å². The van der Waals surface area contributed by atoms with Gasteiger partial charge in [0.15, 0.2) is 17.3 Å². The molecule has 0 atom stereocenters. The lowest BCUT2D eigenvalue weighted by molar-refractivity contribution is -0.124. The zero-order valence-electron chi connectivity index (χ0n) is 18.3. The molecule has 0 amide bonds. The van der Waals surface area contributed by atoms with E-state index in [-0.39, 0.29) is 23.7 Å². The number of methoxy groups -OCH3 is 1. The molecule has 1 aromatic carbocycles. The van der Waals surface area contributed by atoms with Crippen LogP contribution in [0, 0.1) is 0 Å². The second kappa shape index (κ2) is 15.8. The Morgan fingerprint density at radius 2 is 1.52 bits per heavy atom. The van der Waals surface area contributed by atoms with E-state index in [1.165, 1.54) is 77.0 Å². The Morgan fingerprint density at radius 1 is 0.931 bits per heavy atom. The smallest absolute Gasteiger partial charge is 0.163 e. The lowest BCUT2D eigenvalue weighted by Crippen LogP contribution is -2.05. The highest BCUT2D eigenvalue weighted by Gasteiger charge is 2.07. The van der Waals surface area contributed by atoms with E-state index in [0.29, 0.717) is 12.2 Å². The summed E-state index contributed by atoms with van der Waals surface area (Å²) in [7, 11) is 1.47. The van der Waals surface area contributed by atoms with Gasteiger partial charge in [0.25, 0.3) is 0 Å². The van der Waals surface area contributed by atoms with Gasteiger partial charge >= 0.3 is 0 Å². The van der Waals surface area contributed by atoms with Crippen molar-refractivity contribution in [2.45, 2.75) is 90.4 Å². The van der Waals surface area contributed by atoms with Gasteiger partial charge < -0.3 is 9.84 Å². The van der Waals surface area contributed by atoms with Gasteiger partial charge in [0.05, 0.1) is 13.5 Å². The Morgan fingerprint density at radius 3 is 2.10 bits per heavy atom. The molecule has 0 aromatic heterocycles. The Hall–Kier alpha value is -2.10. The molecule has 0 heterocycles. The minimum absolute atomic E-state index is 0.0128. The summed E-state index contributed by atoms with van der Waals surface area (Å²) in [6, 6.07) is 4.85. The molecule has 0 saturated carbocycles. The van der Waals surface area contributed by atoms with Gasteiger partial charge in [-0.05, 0) is 30.2 Å². The number of allylic oxidation sites excluding steroid dienone is 1. The average Bonchev–Trinajstić information content (AvgIpc) is 2.71. The zero-order valence-corrected chi connectivity index (χ0v) is 18.3. The van der Waals surface area contributed by atoms with Crippen molar-refractivity contribution in [3.8, 4) is 11.5 Å². The van der Waals surface area contributed by atoms with Crippen molar-refractivity contribution < 1.29 is 19.4 Å². The maximum Gasteiger partial charge on any atom is 0.163 e. The fourth-order valence-corrected chi connectivity index (χ4v) is 3.32. The number of carbonyl (C=O) groups is 2. The van der Waals surface area contributed by atoms with Crippen molar-refractivity contribution >= 4 is 17.6 Å². The second-order valence-electron chi connectivity index (χ2n) is 7.73. The number of phenols is 1. The molecule has 29 heavy (non-hydrogen) atoms. The molecule has 162 valence electrons. The van der Waals surface area contributed by atoms with Gasteiger partial charge in [-0.1, -0.05) is 83.3 Å². The van der Waals surface area contributed by atoms with Crippen LogP contribution < -0.4 is 4.74 Å². The van der Waals surface area contributed by atoms with E-state index < -0.39 is 0 Å². The first-order valence-electron chi connectivity index (χ1n) is 11.2. The monoisotopic (exact) mass is 402 g/mol. The first kappa shape index (κ1) is 24.9. The number of phenolic OH excluding ortho intramolecular Hbond substituents is 1. The number of benzene rings is 1. The summed E-state index contributed by atoms with van der Waals surface area (Å²) in [4.78, 5) is 23.9. The number of ether oxygens (including phenoxy) is 1. The molecule has 0 bridgehead atoms. The third kappa shape index (κ3) is 12.1. The van der Waals surface area contributed by atoms with Crippen LogP contribution in [0.15, 0.2) is 24.3 Å². The quantitative estimate of drug-likeness (QED) is 0.180. The van der Waals surface area contributed by atoms with E-state index in [2.05, 4.69) is 6.92 Å². The molecular weight excluding hydrogens is 364 g/mol. The first-order valence-corrected chi connectivity index (χ1v) is 11.2. The van der Waals surface area contributed by atoms with Crippen molar-refractivity contribution in [3.05, 3.63) is 29.8 Å². The Bertz CT molecular complexity index is 634. The molecule has 0 aliphatic heterocycles. The van der Waals surface area contributed by atoms with Crippen LogP contribution in [0.2, 0.25) is 0 Å². The number of hydrogen-bond acceptors (Lipinski definition) is 4. The van der Waals surface area contributed by atoms with E-state index in [1.807, 2.05) is 0 Å². The molecule has 0 spiro atoms. The number of Topliss-reactive ketones (excluding diaryl/α,β-unsaturated/α-hetero) is 1. The second-order valence-corrected chi connectivity index (χ2v) is 7.73. The van der Waals surface area contributed by atoms with Crippen LogP contribution in [0.3, 0.4) is 0 Å². The SMILES string of the molecule is CCCCCCCCCCCCCC(=O)CC(=O)/C=C/c1ccc(O)c(OC)c1. The summed E-state index contributed by atoms with van der Waals surface area (Å²) in [6.07, 6.45) is 17.3. The average molecular weight is 403 g/mol. The Balaban J connectivity index is 2.10. The minimum Gasteiger partial charge on any atom is -0.504 e. The van der Waals surface area contributed by atoms with Crippen LogP contribution in [0.4, 0.5) is 0 Å². The molecule has 1 aromatic rings. The summed E-state index contributed by atoms with van der Waals surface area (Å²) in [5, 5.41) is 9.57. The molecule has 1 N–H and O–H groups in total. The topological polar surface area (TPSA) is 63.6 Å². The van der Waals surface area contributed by atoms with Gasteiger partial charge in [0.1, 0.15) is 5.78 Å². The van der Waals surface area contributed by atoms with Gasteiger partial charge in [0, 0.05) is 6.42 Å². The third-order valence-corrected chi connectivity index (χ3v) is 5.10. The molecular formula is C25H38O4. The zero-order chi connectivity index (χ0) is 21.3. The fraction of sp³-hybridized carbons (Fsp3) is 0.600. The first-order chi connectivity index (χ1) is 14.1. The number of unbranched alkanes of at least 4 members (excludes halogenated alkanes) is 10. The summed E-state index contributed by atoms with van der Waals surface area (Å²) in [6.45, 7) is 2.24. The maximum atomic E-state index is 12.0. The third-order valence-electron chi connectivity index (χ3n) is 5.10. The highest BCUT2D eigenvalue weighted by Crippen LogP contribution is 2.26. The van der Waals surface area contributed by atoms with Crippen LogP contribution >= 0.6 is 0 Å².